The molecule has 0 radical (unpaired) electrons. The van der Waals surface area contributed by atoms with E-state index in [-0.39, 0.29) is 18.7 Å². The van der Waals surface area contributed by atoms with Crippen LogP contribution in [-0.2, 0) is 26.3 Å². The second-order valence-electron chi connectivity index (χ2n) is 6.38. The monoisotopic (exact) mass is 361 g/mol. The largest absolute Gasteiger partial charge is 0.469 e. The van der Waals surface area contributed by atoms with Crippen LogP contribution in [0.3, 0.4) is 0 Å². The van der Waals surface area contributed by atoms with Crippen LogP contribution in [-0.4, -0.2) is 29.0 Å². The van der Waals surface area contributed by atoms with E-state index < -0.39 is 11.5 Å². The third kappa shape index (κ3) is 5.09. The topological polar surface area (TPSA) is 81.2 Å². The second kappa shape index (κ2) is 8.20. The van der Waals surface area contributed by atoms with Crippen molar-refractivity contribution in [2.75, 3.05) is 7.11 Å². The summed E-state index contributed by atoms with van der Waals surface area (Å²) in [6, 6.07) is 3.56. The molecule has 0 unspecified atom stereocenters. The van der Waals surface area contributed by atoms with Crippen molar-refractivity contribution in [3.63, 3.8) is 0 Å². The molecule has 1 atom stereocenters. The highest BCUT2D eigenvalue weighted by Crippen LogP contribution is 2.25. The van der Waals surface area contributed by atoms with Gasteiger partial charge in [0.05, 0.1) is 36.2 Å². The molecule has 134 valence electrons. The molecule has 0 aromatic carbocycles. The van der Waals surface area contributed by atoms with Crippen LogP contribution < -0.4 is 5.32 Å². The standard InChI is InChI=1S/C18H23N3O3S/c1-12(2)17-20-14(11-25-17)9-15(22)21-18(3,10-16(23)24-4)13-5-7-19-8-6-13/h5-8,11-12H,9-10H2,1-4H3,(H,21,22)/t18-/m0/s1. The fraction of sp³-hybridized carbons (Fsp3) is 0.444. The number of hydrogen-bond donors (Lipinski definition) is 1. The molecule has 2 rings (SSSR count). The van der Waals surface area contributed by atoms with Gasteiger partial charge in [0, 0.05) is 23.7 Å². The first-order valence-electron chi connectivity index (χ1n) is 8.06. The highest BCUT2D eigenvalue weighted by Gasteiger charge is 2.32. The molecule has 2 aromatic heterocycles. The fourth-order valence-corrected chi connectivity index (χ4v) is 3.32. The molecule has 0 aliphatic rings. The molecule has 0 aliphatic heterocycles. The third-order valence-corrected chi connectivity index (χ3v) is 5.06. The van der Waals surface area contributed by atoms with Crippen molar-refractivity contribution in [2.45, 2.75) is 45.1 Å². The van der Waals surface area contributed by atoms with E-state index >= 15 is 0 Å². The number of amides is 1. The van der Waals surface area contributed by atoms with Crippen LogP contribution in [0.25, 0.3) is 0 Å². The minimum absolute atomic E-state index is 0.0353. The minimum Gasteiger partial charge on any atom is -0.469 e. The summed E-state index contributed by atoms with van der Waals surface area (Å²) in [6.07, 6.45) is 3.47. The average Bonchev–Trinajstić information content (AvgIpc) is 3.04. The maximum absolute atomic E-state index is 12.5. The molecule has 0 saturated heterocycles. The molecule has 25 heavy (non-hydrogen) atoms. The summed E-state index contributed by atoms with van der Waals surface area (Å²) in [4.78, 5) is 32.8. The van der Waals surface area contributed by atoms with Crippen molar-refractivity contribution in [1.82, 2.24) is 15.3 Å². The lowest BCUT2D eigenvalue weighted by atomic mass is 9.89. The zero-order chi connectivity index (χ0) is 18.4. The molecule has 1 amide bonds. The molecule has 1 N–H and O–H groups in total. The third-order valence-electron chi connectivity index (χ3n) is 3.86. The number of thiazole rings is 1. The summed E-state index contributed by atoms with van der Waals surface area (Å²) in [5.74, 6) is -0.248. The Bertz CT molecular complexity index is 730. The lowest BCUT2D eigenvalue weighted by Crippen LogP contribution is -2.45. The SMILES string of the molecule is COC(=O)C[C@](C)(NC(=O)Cc1csc(C(C)C)n1)c1ccncc1. The number of pyridine rings is 1. The van der Waals surface area contributed by atoms with Crippen molar-refractivity contribution < 1.29 is 14.3 Å². The van der Waals surface area contributed by atoms with Crippen LogP contribution in [0.1, 0.15) is 49.4 Å². The number of aromatic nitrogens is 2. The lowest BCUT2D eigenvalue weighted by molar-refractivity contribution is -0.142. The van der Waals surface area contributed by atoms with E-state index in [0.717, 1.165) is 16.3 Å². The van der Waals surface area contributed by atoms with E-state index in [0.29, 0.717) is 5.92 Å². The molecule has 6 nitrogen and oxygen atoms in total. The van der Waals surface area contributed by atoms with Crippen LogP contribution in [0.2, 0.25) is 0 Å². The van der Waals surface area contributed by atoms with Crippen molar-refractivity contribution >= 4 is 23.2 Å². The van der Waals surface area contributed by atoms with Gasteiger partial charge in [-0.1, -0.05) is 13.8 Å². The van der Waals surface area contributed by atoms with Gasteiger partial charge in [-0.3, -0.25) is 14.6 Å². The van der Waals surface area contributed by atoms with Crippen LogP contribution in [0, 0.1) is 0 Å². The average molecular weight is 361 g/mol. The second-order valence-corrected chi connectivity index (χ2v) is 7.27. The Morgan fingerprint density at radius 1 is 1.32 bits per heavy atom. The maximum Gasteiger partial charge on any atom is 0.308 e. The molecule has 2 aromatic rings. The molecule has 0 aliphatic carbocycles. The van der Waals surface area contributed by atoms with Crippen molar-refractivity contribution in [1.29, 1.82) is 0 Å². The Balaban J connectivity index is 2.15. The van der Waals surface area contributed by atoms with Crippen LogP contribution in [0.5, 0.6) is 0 Å². The normalized spacial score (nSPS) is 13.3. The van der Waals surface area contributed by atoms with E-state index in [1.807, 2.05) is 5.38 Å². The molecule has 2 heterocycles. The summed E-state index contributed by atoms with van der Waals surface area (Å²) < 4.78 is 4.78. The van der Waals surface area contributed by atoms with Crippen LogP contribution in [0.4, 0.5) is 0 Å². The Morgan fingerprint density at radius 2 is 2.00 bits per heavy atom. The summed E-state index contributed by atoms with van der Waals surface area (Å²) in [5.41, 5.74) is 0.660. The zero-order valence-corrected chi connectivity index (χ0v) is 15.7. The van der Waals surface area contributed by atoms with Crippen molar-refractivity contribution in [3.8, 4) is 0 Å². The number of carbonyl (C=O) groups is 2. The predicted octanol–water partition coefficient (Wildman–Crippen LogP) is 2.80. The van der Waals surface area contributed by atoms with E-state index in [1.54, 1.807) is 42.8 Å². The smallest absolute Gasteiger partial charge is 0.308 e. The van der Waals surface area contributed by atoms with Gasteiger partial charge in [0.15, 0.2) is 0 Å². The number of rotatable bonds is 7. The minimum atomic E-state index is -0.871. The quantitative estimate of drug-likeness (QED) is 0.767. The molecule has 0 fully saturated rings. The Kier molecular flexibility index (Phi) is 6.25. The number of hydrogen-bond acceptors (Lipinski definition) is 6. The van der Waals surface area contributed by atoms with E-state index in [9.17, 15) is 9.59 Å². The number of ether oxygens (including phenoxy) is 1. The molecular weight excluding hydrogens is 338 g/mol. The number of nitrogens with one attached hydrogen (secondary N) is 1. The predicted molar refractivity (Wildman–Crippen MR) is 96.3 cm³/mol. The van der Waals surface area contributed by atoms with Crippen molar-refractivity contribution in [2.24, 2.45) is 0 Å². The van der Waals surface area contributed by atoms with E-state index in [2.05, 4.69) is 29.1 Å². The summed E-state index contributed by atoms with van der Waals surface area (Å²) in [7, 11) is 1.33. The molecular formula is C18H23N3O3S. The van der Waals surface area contributed by atoms with Gasteiger partial charge in [-0.25, -0.2) is 4.98 Å². The summed E-state index contributed by atoms with van der Waals surface area (Å²) in [6.45, 7) is 5.94. The highest BCUT2D eigenvalue weighted by molar-refractivity contribution is 7.09. The van der Waals surface area contributed by atoms with Gasteiger partial charge in [0.2, 0.25) is 5.91 Å². The van der Waals surface area contributed by atoms with Gasteiger partial charge >= 0.3 is 5.97 Å². The maximum atomic E-state index is 12.5. The summed E-state index contributed by atoms with van der Waals surface area (Å²) >= 11 is 1.55. The van der Waals surface area contributed by atoms with Crippen molar-refractivity contribution in [3.05, 3.63) is 46.2 Å². The number of esters is 1. The first-order valence-corrected chi connectivity index (χ1v) is 8.94. The van der Waals surface area contributed by atoms with E-state index in [4.69, 9.17) is 4.74 Å². The Labute approximate surface area is 151 Å². The van der Waals surface area contributed by atoms with Gasteiger partial charge in [0.25, 0.3) is 0 Å². The lowest BCUT2D eigenvalue weighted by Gasteiger charge is -2.30. The van der Waals surface area contributed by atoms with Gasteiger partial charge < -0.3 is 10.1 Å². The fourth-order valence-electron chi connectivity index (χ4n) is 2.48. The Hall–Kier alpha value is -2.28. The number of methoxy groups -OCH3 is 1. The van der Waals surface area contributed by atoms with Gasteiger partial charge in [0.1, 0.15) is 0 Å². The highest BCUT2D eigenvalue weighted by atomic mass is 32.1. The molecule has 7 heteroatoms. The van der Waals surface area contributed by atoms with Crippen LogP contribution in [0.15, 0.2) is 29.9 Å². The molecule has 0 bridgehead atoms. The van der Waals surface area contributed by atoms with Gasteiger partial charge in [-0.05, 0) is 24.6 Å². The van der Waals surface area contributed by atoms with Crippen LogP contribution >= 0.6 is 11.3 Å². The molecule has 0 saturated carbocycles. The zero-order valence-electron chi connectivity index (χ0n) is 14.9. The summed E-state index contributed by atoms with van der Waals surface area (Å²) in [5, 5.41) is 5.87. The molecule has 0 spiro atoms. The Morgan fingerprint density at radius 3 is 2.56 bits per heavy atom. The van der Waals surface area contributed by atoms with Gasteiger partial charge in [-0.15, -0.1) is 11.3 Å². The first-order chi connectivity index (χ1) is 11.8. The first kappa shape index (κ1) is 19.1. The number of nitrogens with zero attached hydrogens (tertiary/aromatic N) is 2. The van der Waals surface area contributed by atoms with Gasteiger partial charge in [-0.2, -0.15) is 0 Å². The number of carbonyl (C=O) groups excluding carboxylic acids is 2. The van der Waals surface area contributed by atoms with E-state index in [1.165, 1.54) is 7.11 Å².